The SMILES string of the molecule is CC(C)(C)c1ccc(Oc2ccc(S(=O)(=O)c3ccc(Cl)cc3)cc2)cc1. The Bertz CT molecular complexity index is 1010. The monoisotopic (exact) mass is 400 g/mol. The van der Waals surface area contributed by atoms with Crippen molar-refractivity contribution in [2.24, 2.45) is 0 Å². The molecule has 0 spiro atoms. The van der Waals surface area contributed by atoms with E-state index in [1.807, 2.05) is 24.3 Å². The van der Waals surface area contributed by atoms with Crippen LogP contribution in [0.15, 0.2) is 82.6 Å². The first kappa shape index (κ1) is 19.5. The molecule has 0 fully saturated rings. The van der Waals surface area contributed by atoms with Gasteiger partial charge in [-0.1, -0.05) is 44.5 Å². The summed E-state index contributed by atoms with van der Waals surface area (Å²) in [7, 11) is -3.58. The molecule has 0 radical (unpaired) electrons. The highest BCUT2D eigenvalue weighted by molar-refractivity contribution is 7.91. The topological polar surface area (TPSA) is 43.4 Å². The van der Waals surface area contributed by atoms with Crippen LogP contribution in [-0.2, 0) is 15.3 Å². The van der Waals surface area contributed by atoms with Gasteiger partial charge >= 0.3 is 0 Å². The van der Waals surface area contributed by atoms with Crippen LogP contribution in [0.1, 0.15) is 26.3 Å². The van der Waals surface area contributed by atoms with Crippen molar-refractivity contribution in [3.05, 3.63) is 83.4 Å². The molecule has 3 rings (SSSR count). The summed E-state index contributed by atoms with van der Waals surface area (Å²) in [4.78, 5) is 0.415. The zero-order chi connectivity index (χ0) is 19.7. The van der Waals surface area contributed by atoms with Crippen molar-refractivity contribution in [3.63, 3.8) is 0 Å². The minimum absolute atomic E-state index is 0.0796. The van der Waals surface area contributed by atoms with Crippen molar-refractivity contribution in [3.8, 4) is 11.5 Å². The zero-order valence-electron chi connectivity index (χ0n) is 15.4. The molecule has 140 valence electrons. The van der Waals surface area contributed by atoms with Gasteiger partial charge in [0.2, 0.25) is 9.84 Å². The van der Waals surface area contributed by atoms with Gasteiger partial charge in [-0.3, -0.25) is 0 Å². The van der Waals surface area contributed by atoms with Gasteiger partial charge < -0.3 is 4.74 Å². The number of rotatable bonds is 4. The Kier molecular flexibility index (Phi) is 5.31. The zero-order valence-corrected chi connectivity index (χ0v) is 17.0. The molecule has 0 aliphatic heterocycles. The molecule has 0 unspecified atom stereocenters. The average molecular weight is 401 g/mol. The minimum Gasteiger partial charge on any atom is -0.457 e. The molecule has 0 saturated carbocycles. The lowest BCUT2D eigenvalue weighted by atomic mass is 9.87. The van der Waals surface area contributed by atoms with Crippen LogP contribution < -0.4 is 4.74 Å². The van der Waals surface area contributed by atoms with Crippen molar-refractivity contribution in [1.29, 1.82) is 0 Å². The van der Waals surface area contributed by atoms with Crippen molar-refractivity contribution in [1.82, 2.24) is 0 Å². The van der Waals surface area contributed by atoms with Crippen LogP contribution in [0.25, 0.3) is 0 Å². The molecular formula is C22H21ClO3S. The minimum atomic E-state index is -3.58. The molecule has 0 aliphatic carbocycles. The van der Waals surface area contributed by atoms with Gasteiger partial charge in [0, 0.05) is 5.02 Å². The predicted octanol–water partition coefficient (Wildman–Crippen LogP) is 6.26. The van der Waals surface area contributed by atoms with E-state index < -0.39 is 9.84 Å². The van der Waals surface area contributed by atoms with Crippen molar-refractivity contribution in [2.45, 2.75) is 36.0 Å². The third kappa shape index (κ3) is 4.52. The second-order valence-electron chi connectivity index (χ2n) is 7.31. The summed E-state index contributed by atoms with van der Waals surface area (Å²) in [6.07, 6.45) is 0. The summed E-state index contributed by atoms with van der Waals surface area (Å²) in [6.45, 7) is 6.47. The number of halogens is 1. The molecule has 27 heavy (non-hydrogen) atoms. The van der Waals surface area contributed by atoms with Gasteiger partial charge in [0.15, 0.2) is 0 Å². The first-order valence-corrected chi connectivity index (χ1v) is 10.4. The molecule has 3 aromatic carbocycles. The van der Waals surface area contributed by atoms with E-state index >= 15 is 0 Å². The van der Waals surface area contributed by atoms with Gasteiger partial charge in [-0.05, 0) is 71.6 Å². The first-order valence-electron chi connectivity index (χ1n) is 8.55. The lowest BCUT2D eigenvalue weighted by Crippen LogP contribution is -2.10. The van der Waals surface area contributed by atoms with E-state index in [0.717, 1.165) is 0 Å². The third-order valence-corrected chi connectivity index (χ3v) is 6.25. The molecule has 0 heterocycles. The van der Waals surface area contributed by atoms with Crippen LogP contribution in [0, 0.1) is 0 Å². The second kappa shape index (κ2) is 7.37. The summed E-state index contributed by atoms with van der Waals surface area (Å²) < 4.78 is 31.1. The maximum Gasteiger partial charge on any atom is 0.206 e. The maximum absolute atomic E-state index is 12.7. The fraction of sp³-hybridized carbons (Fsp3) is 0.182. The van der Waals surface area contributed by atoms with Gasteiger partial charge in [-0.2, -0.15) is 0 Å². The van der Waals surface area contributed by atoms with Crippen LogP contribution in [0.2, 0.25) is 5.02 Å². The Hall–Kier alpha value is -2.30. The molecule has 5 heteroatoms. The third-order valence-electron chi connectivity index (χ3n) is 4.21. The number of hydrogen-bond donors (Lipinski definition) is 0. The average Bonchev–Trinajstić information content (AvgIpc) is 2.62. The molecule has 3 aromatic rings. The summed E-state index contributed by atoms with van der Waals surface area (Å²) >= 11 is 5.83. The molecular weight excluding hydrogens is 380 g/mol. The van der Waals surface area contributed by atoms with E-state index in [-0.39, 0.29) is 15.2 Å². The molecule has 0 atom stereocenters. The number of ether oxygens (including phenoxy) is 1. The Morgan fingerprint density at radius 1 is 0.704 bits per heavy atom. The van der Waals surface area contributed by atoms with Gasteiger partial charge in [0.1, 0.15) is 11.5 Å². The Labute approximate surface area is 165 Å². The summed E-state index contributed by atoms with van der Waals surface area (Å²) in [5.74, 6) is 1.28. The molecule has 0 aliphatic rings. The Morgan fingerprint density at radius 2 is 1.11 bits per heavy atom. The maximum atomic E-state index is 12.7. The quantitative estimate of drug-likeness (QED) is 0.518. The molecule has 3 nitrogen and oxygen atoms in total. The van der Waals surface area contributed by atoms with Gasteiger partial charge in [-0.25, -0.2) is 8.42 Å². The molecule has 0 amide bonds. The van der Waals surface area contributed by atoms with E-state index in [4.69, 9.17) is 16.3 Å². The fourth-order valence-corrected chi connectivity index (χ4v) is 3.98. The number of sulfone groups is 1. The summed E-state index contributed by atoms with van der Waals surface area (Å²) in [6, 6.07) is 20.4. The summed E-state index contributed by atoms with van der Waals surface area (Å²) in [5, 5.41) is 0.496. The lowest BCUT2D eigenvalue weighted by molar-refractivity contribution is 0.481. The standard InChI is InChI=1S/C22H21ClO3S/c1-22(2,3)16-4-8-18(9-5-16)26-19-10-14-21(15-11-19)27(24,25)20-12-6-17(23)7-13-20/h4-15H,1-3H3. The Morgan fingerprint density at radius 3 is 1.56 bits per heavy atom. The first-order chi connectivity index (χ1) is 12.7. The van der Waals surface area contributed by atoms with Crippen LogP contribution in [-0.4, -0.2) is 8.42 Å². The highest BCUT2D eigenvalue weighted by Crippen LogP contribution is 2.29. The van der Waals surface area contributed by atoms with Crippen molar-refractivity contribution < 1.29 is 13.2 Å². The van der Waals surface area contributed by atoms with E-state index in [9.17, 15) is 8.42 Å². The summed E-state index contributed by atoms with van der Waals surface area (Å²) in [5.41, 5.74) is 1.30. The van der Waals surface area contributed by atoms with E-state index in [1.54, 1.807) is 36.4 Å². The van der Waals surface area contributed by atoms with E-state index in [2.05, 4.69) is 20.8 Å². The fourth-order valence-electron chi connectivity index (χ4n) is 2.60. The molecule has 0 N–H and O–H groups in total. The van der Waals surface area contributed by atoms with Crippen molar-refractivity contribution in [2.75, 3.05) is 0 Å². The van der Waals surface area contributed by atoms with Crippen LogP contribution in [0.5, 0.6) is 11.5 Å². The highest BCUT2D eigenvalue weighted by atomic mass is 35.5. The van der Waals surface area contributed by atoms with Crippen LogP contribution >= 0.6 is 11.6 Å². The van der Waals surface area contributed by atoms with Gasteiger partial charge in [0.25, 0.3) is 0 Å². The molecule has 0 saturated heterocycles. The highest BCUT2D eigenvalue weighted by Gasteiger charge is 2.17. The lowest BCUT2D eigenvalue weighted by Gasteiger charge is -2.19. The molecule has 0 bridgehead atoms. The normalized spacial score (nSPS) is 12.0. The smallest absolute Gasteiger partial charge is 0.206 e. The van der Waals surface area contributed by atoms with Crippen LogP contribution in [0.4, 0.5) is 0 Å². The van der Waals surface area contributed by atoms with E-state index in [0.29, 0.717) is 16.5 Å². The number of benzene rings is 3. The Balaban J connectivity index is 1.78. The van der Waals surface area contributed by atoms with Gasteiger partial charge in [-0.15, -0.1) is 0 Å². The number of hydrogen-bond acceptors (Lipinski definition) is 3. The van der Waals surface area contributed by atoms with Crippen LogP contribution in [0.3, 0.4) is 0 Å². The van der Waals surface area contributed by atoms with Gasteiger partial charge in [0.05, 0.1) is 9.79 Å². The predicted molar refractivity (Wildman–Crippen MR) is 109 cm³/mol. The second-order valence-corrected chi connectivity index (χ2v) is 9.69. The molecule has 0 aromatic heterocycles. The van der Waals surface area contributed by atoms with E-state index in [1.165, 1.54) is 17.7 Å². The van der Waals surface area contributed by atoms with Crippen molar-refractivity contribution >= 4 is 21.4 Å². The largest absolute Gasteiger partial charge is 0.457 e.